The Bertz CT molecular complexity index is 670. The Labute approximate surface area is 151 Å². The number of rotatable bonds is 7. The van der Waals surface area contributed by atoms with Gasteiger partial charge in [-0.25, -0.2) is 4.99 Å². The van der Waals surface area contributed by atoms with Crippen LogP contribution >= 0.6 is 0 Å². The number of hydrogen-bond acceptors (Lipinski definition) is 2. The molecule has 3 N–H and O–H groups in total. The number of aliphatic hydroxyl groups is 1. The molecule has 0 aliphatic carbocycles. The van der Waals surface area contributed by atoms with Gasteiger partial charge in [0.1, 0.15) is 0 Å². The van der Waals surface area contributed by atoms with E-state index < -0.39 is 0 Å². The largest absolute Gasteiger partial charge is 0.392 e. The Morgan fingerprint density at radius 2 is 1.64 bits per heavy atom. The monoisotopic (exact) mass is 339 g/mol. The van der Waals surface area contributed by atoms with Gasteiger partial charge in [0.25, 0.3) is 0 Å². The molecule has 0 saturated heterocycles. The van der Waals surface area contributed by atoms with Gasteiger partial charge in [-0.2, -0.15) is 0 Å². The molecule has 4 nitrogen and oxygen atoms in total. The van der Waals surface area contributed by atoms with Crippen LogP contribution in [-0.2, 0) is 13.2 Å². The lowest BCUT2D eigenvalue weighted by atomic mass is 9.94. The molecule has 0 aromatic heterocycles. The number of aliphatic hydroxyl groups excluding tert-OH is 1. The van der Waals surface area contributed by atoms with Crippen LogP contribution in [0.2, 0.25) is 0 Å². The molecule has 0 fully saturated rings. The minimum atomic E-state index is 0.0388. The summed E-state index contributed by atoms with van der Waals surface area (Å²) < 4.78 is 0. The van der Waals surface area contributed by atoms with Gasteiger partial charge in [0.2, 0.25) is 0 Å². The van der Waals surface area contributed by atoms with Crippen LogP contribution in [0.4, 0.5) is 0 Å². The zero-order chi connectivity index (χ0) is 18.1. The third-order valence-electron chi connectivity index (χ3n) is 4.48. The van der Waals surface area contributed by atoms with E-state index in [1.165, 1.54) is 5.56 Å². The second-order valence-corrected chi connectivity index (χ2v) is 6.25. The molecule has 25 heavy (non-hydrogen) atoms. The maximum atomic E-state index is 9.45. The maximum Gasteiger partial charge on any atom is 0.191 e. The lowest BCUT2D eigenvalue weighted by molar-refractivity contribution is 0.280. The summed E-state index contributed by atoms with van der Waals surface area (Å²) in [6, 6.07) is 18.6. The van der Waals surface area contributed by atoms with Gasteiger partial charge in [0.15, 0.2) is 5.96 Å². The topological polar surface area (TPSA) is 56.7 Å². The summed E-state index contributed by atoms with van der Waals surface area (Å²) in [6.07, 6.45) is 0. The van der Waals surface area contributed by atoms with Crippen molar-refractivity contribution in [3.63, 3.8) is 0 Å². The molecule has 0 saturated carbocycles. The van der Waals surface area contributed by atoms with Crippen molar-refractivity contribution in [2.75, 3.05) is 6.54 Å². The van der Waals surface area contributed by atoms with Crippen LogP contribution in [0, 0.1) is 0 Å². The Morgan fingerprint density at radius 1 is 1.00 bits per heavy atom. The average molecular weight is 339 g/mol. The predicted molar refractivity (Wildman–Crippen MR) is 105 cm³/mol. The van der Waals surface area contributed by atoms with Gasteiger partial charge in [-0.3, -0.25) is 0 Å². The Kier molecular flexibility index (Phi) is 7.48. The lowest BCUT2D eigenvalue weighted by Crippen LogP contribution is -2.44. The van der Waals surface area contributed by atoms with Crippen LogP contribution in [0.3, 0.4) is 0 Å². The third kappa shape index (κ3) is 5.61. The molecular formula is C21H29N3O. The molecule has 134 valence electrons. The van der Waals surface area contributed by atoms with Crippen molar-refractivity contribution >= 4 is 5.96 Å². The number of hydrogen-bond donors (Lipinski definition) is 3. The fraction of sp³-hybridized carbons (Fsp3) is 0.381. The van der Waals surface area contributed by atoms with Crippen LogP contribution in [0.25, 0.3) is 0 Å². The first kappa shape index (κ1) is 19.0. The van der Waals surface area contributed by atoms with Crippen molar-refractivity contribution in [1.82, 2.24) is 10.6 Å². The summed E-state index contributed by atoms with van der Waals surface area (Å²) in [6.45, 7) is 7.84. The molecule has 0 heterocycles. The van der Waals surface area contributed by atoms with E-state index in [4.69, 9.17) is 4.99 Å². The van der Waals surface area contributed by atoms with Gasteiger partial charge >= 0.3 is 0 Å². The molecule has 2 unspecified atom stereocenters. The normalized spacial score (nSPS) is 14.0. The second kappa shape index (κ2) is 9.84. The highest BCUT2D eigenvalue weighted by Gasteiger charge is 2.15. The zero-order valence-electron chi connectivity index (χ0n) is 15.4. The van der Waals surface area contributed by atoms with Gasteiger partial charge in [-0.1, -0.05) is 61.5 Å². The molecule has 2 rings (SSSR count). The van der Waals surface area contributed by atoms with Crippen LogP contribution in [0.1, 0.15) is 43.4 Å². The Morgan fingerprint density at radius 3 is 2.28 bits per heavy atom. The molecule has 2 aromatic rings. The Hall–Kier alpha value is -2.33. The zero-order valence-corrected chi connectivity index (χ0v) is 15.4. The fourth-order valence-corrected chi connectivity index (χ4v) is 2.74. The fourth-order valence-electron chi connectivity index (χ4n) is 2.74. The van der Waals surface area contributed by atoms with Gasteiger partial charge < -0.3 is 15.7 Å². The predicted octanol–water partition coefficient (Wildman–Crippen LogP) is 3.43. The van der Waals surface area contributed by atoms with Crippen molar-refractivity contribution in [3.05, 3.63) is 71.3 Å². The van der Waals surface area contributed by atoms with Gasteiger partial charge in [-0.15, -0.1) is 0 Å². The molecule has 4 heteroatoms. The average Bonchev–Trinajstić information content (AvgIpc) is 2.66. The van der Waals surface area contributed by atoms with Crippen LogP contribution in [-0.4, -0.2) is 23.7 Å². The van der Waals surface area contributed by atoms with E-state index in [0.29, 0.717) is 12.5 Å². The van der Waals surface area contributed by atoms with E-state index in [2.05, 4.69) is 55.7 Å². The smallest absolute Gasteiger partial charge is 0.191 e. The van der Waals surface area contributed by atoms with Gasteiger partial charge in [-0.05, 0) is 30.5 Å². The standard InChI is InChI=1S/C21H29N3O/c1-4-22-21(23-14-19-12-8-9-13-20(19)15-25)24-17(3)16(2)18-10-6-5-7-11-18/h5-13,16-17,25H,4,14-15H2,1-3H3,(H2,22,23,24). The molecule has 0 spiro atoms. The van der Waals surface area contributed by atoms with Crippen molar-refractivity contribution in [2.45, 2.75) is 45.9 Å². The molecule has 2 atom stereocenters. The molecule has 0 amide bonds. The number of guanidine groups is 1. The summed E-state index contributed by atoms with van der Waals surface area (Å²) in [5.74, 6) is 1.17. The van der Waals surface area contributed by atoms with Crippen LogP contribution in [0.5, 0.6) is 0 Å². The van der Waals surface area contributed by atoms with E-state index in [9.17, 15) is 5.11 Å². The highest BCUT2D eigenvalue weighted by atomic mass is 16.3. The summed E-state index contributed by atoms with van der Waals surface area (Å²) >= 11 is 0. The first-order valence-electron chi connectivity index (χ1n) is 8.93. The molecule has 0 aliphatic rings. The summed E-state index contributed by atoms with van der Waals surface area (Å²) in [5.41, 5.74) is 3.28. The maximum absolute atomic E-state index is 9.45. The first-order valence-corrected chi connectivity index (χ1v) is 8.93. The van der Waals surface area contributed by atoms with Crippen LogP contribution < -0.4 is 10.6 Å². The minimum absolute atomic E-state index is 0.0388. The number of benzene rings is 2. The Balaban J connectivity index is 2.06. The molecule has 0 aliphatic heterocycles. The lowest BCUT2D eigenvalue weighted by Gasteiger charge is -2.24. The minimum Gasteiger partial charge on any atom is -0.392 e. The number of nitrogens with one attached hydrogen (secondary N) is 2. The molecule has 2 aromatic carbocycles. The van der Waals surface area contributed by atoms with E-state index in [1.54, 1.807) is 0 Å². The van der Waals surface area contributed by atoms with Gasteiger partial charge in [0, 0.05) is 18.5 Å². The number of nitrogens with zero attached hydrogens (tertiary/aromatic N) is 1. The van der Waals surface area contributed by atoms with Gasteiger partial charge in [0.05, 0.1) is 13.2 Å². The first-order chi connectivity index (χ1) is 12.2. The van der Waals surface area contributed by atoms with Crippen molar-refractivity contribution in [1.29, 1.82) is 0 Å². The highest BCUT2D eigenvalue weighted by molar-refractivity contribution is 5.80. The van der Waals surface area contributed by atoms with E-state index in [0.717, 1.165) is 23.6 Å². The van der Waals surface area contributed by atoms with Crippen LogP contribution in [0.15, 0.2) is 59.6 Å². The highest BCUT2D eigenvalue weighted by Crippen LogP contribution is 2.18. The second-order valence-electron chi connectivity index (χ2n) is 6.25. The summed E-state index contributed by atoms with van der Waals surface area (Å²) in [4.78, 5) is 4.69. The quantitative estimate of drug-likeness (QED) is 0.535. The van der Waals surface area contributed by atoms with Crippen molar-refractivity contribution in [2.24, 2.45) is 4.99 Å². The summed E-state index contributed by atoms with van der Waals surface area (Å²) in [5, 5.41) is 16.3. The van der Waals surface area contributed by atoms with Crippen molar-refractivity contribution in [3.8, 4) is 0 Å². The molecular weight excluding hydrogens is 310 g/mol. The van der Waals surface area contributed by atoms with E-state index in [-0.39, 0.29) is 12.6 Å². The number of aliphatic imine (C=N–C) groups is 1. The SMILES string of the molecule is CCNC(=NCc1ccccc1CO)NC(C)C(C)c1ccccc1. The van der Waals surface area contributed by atoms with E-state index in [1.807, 2.05) is 30.3 Å². The molecule has 0 radical (unpaired) electrons. The van der Waals surface area contributed by atoms with E-state index >= 15 is 0 Å². The molecule has 0 bridgehead atoms. The third-order valence-corrected chi connectivity index (χ3v) is 4.48. The summed E-state index contributed by atoms with van der Waals surface area (Å²) in [7, 11) is 0. The van der Waals surface area contributed by atoms with Crippen molar-refractivity contribution < 1.29 is 5.11 Å².